The predicted molar refractivity (Wildman–Crippen MR) is 109 cm³/mol. The number of carbonyl (C=O) groups excluding carboxylic acids is 1. The van der Waals surface area contributed by atoms with Gasteiger partial charge in [0.1, 0.15) is 6.61 Å². The van der Waals surface area contributed by atoms with Crippen molar-refractivity contribution in [3.8, 4) is 16.9 Å². The van der Waals surface area contributed by atoms with Crippen LogP contribution in [0.25, 0.3) is 11.1 Å². The number of anilines is 1. The summed E-state index contributed by atoms with van der Waals surface area (Å²) in [6.07, 6.45) is -0.871. The Morgan fingerprint density at radius 1 is 1.03 bits per heavy atom. The Morgan fingerprint density at radius 3 is 2.20 bits per heavy atom. The van der Waals surface area contributed by atoms with E-state index >= 15 is 0 Å². The first-order chi connectivity index (χ1) is 14.5. The zero-order valence-corrected chi connectivity index (χ0v) is 16.0. The molecule has 1 amide bonds. The SMILES string of the molecule is COc1cc(C(=O)O)c(NC(=O)OCC2c3ccccc3-c3ccccc32)cc1F. The van der Waals surface area contributed by atoms with Gasteiger partial charge in [-0.3, -0.25) is 5.32 Å². The highest BCUT2D eigenvalue weighted by Crippen LogP contribution is 2.44. The van der Waals surface area contributed by atoms with Crippen molar-refractivity contribution >= 4 is 17.7 Å². The van der Waals surface area contributed by atoms with Gasteiger partial charge in [0.25, 0.3) is 0 Å². The number of methoxy groups -OCH3 is 1. The third-order valence-corrected chi connectivity index (χ3v) is 5.10. The Bertz CT molecular complexity index is 1100. The van der Waals surface area contributed by atoms with E-state index in [4.69, 9.17) is 9.47 Å². The van der Waals surface area contributed by atoms with Crippen LogP contribution in [0.2, 0.25) is 0 Å². The molecular formula is C23H18FNO5. The molecular weight excluding hydrogens is 389 g/mol. The summed E-state index contributed by atoms with van der Waals surface area (Å²) < 4.78 is 24.2. The molecule has 0 unspecified atom stereocenters. The Labute approximate surface area is 171 Å². The minimum atomic E-state index is -1.33. The van der Waals surface area contributed by atoms with Gasteiger partial charge in [0.15, 0.2) is 11.6 Å². The molecule has 3 aromatic rings. The van der Waals surface area contributed by atoms with Crippen LogP contribution in [0.5, 0.6) is 5.75 Å². The lowest BCUT2D eigenvalue weighted by molar-refractivity contribution is 0.0697. The van der Waals surface area contributed by atoms with Crippen LogP contribution in [0.3, 0.4) is 0 Å². The summed E-state index contributed by atoms with van der Waals surface area (Å²) in [5.74, 6) is -2.50. The summed E-state index contributed by atoms with van der Waals surface area (Å²) in [6.45, 7) is 0.0564. The van der Waals surface area contributed by atoms with E-state index in [0.717, 1.165) is 34.4 Å². The van der Waals surface area contributed by atoms with Crippen LogP contribution in [0.1, 0.15) is 27.4 Å². The van der Waals surface area contributed by atoms with E-state index in [2.05, 4.69) is 5.32 Å². The number of carbonyl (C=O) groups is 2. The maximum atomic E-state index is 14.0. The van der Waals surface area contributed by atoms with Gasteiger partial charge in [-0.15, -0.1) is 0 Å². The first-order valence-corrected chi connectivity index (χ1v) is 9.22. The zero-order valence-electron chi connectivity index (χ0n) is 16.0. The molecule has 7 heteroatoms. The van der Waals surface area contributed by atoms with Crippen molar-refractivity contribution in [2.75, 3.05) is 19.0 Å². The second-order valence-electron chi connectivity index (χ2n) is 6.79. The molecule has 0 aliphatic heterocycles. The van der Waals surface area contributed by atoms with Crippen molar-refractivity contribution in [1.82, 2.24) is 0 Å². The van der Waals surface area contributed by atoms with Gasteiger partial charge >= 0.3 is 12.1 Å². The fourth-order valence-electron chi connectivity index (χ4n) is 3.73. The van der Waals surface area contributed by atoms with Crippen molar-refractivity contribution < 1.29 is 28.6 Å². The molecule has 3 aromatic carbocycles. The lowest BCUT2D eigenvalue weighted by Gasteiger charge is -2.15. The molecule has 152 valence electrons. The van der Waals surface area contributed by atoms with E-state index < -0.39 is 17.9 Å². The van der Waals surface area contributed by atoms with Gasteiger partial charge in [0.05, 0.1) is 18.4 Å². The molecule has 0 heterocycles. The molecule has 0 atom stereocenters. The van der Waals surface area contributed by atoms with Crippen LogP contribution in [0.4, 0.5) is 14.9 Å². The number of fused-ring (bicyclic) bond motifs is 3. The number of carboxylic acids is 1. The van der Waals surface area contributed by atoms with E-state index in [-0.39, 0.29) is 29.5 Å². The first kappa shape index (κ1) is 19.4. The lowest BCUT2D eigenvalue weighted by Crippen LogP contribution is -2.19. The molecule has 6 nitrogen and oxygen atoms in total. The molecule has 0 radical (unpaired) electrons. The van der Waals surface area contributed by atoms with Crippen molar-refractivity contribution in [3.05, 3.63) is 83.2 Å². The monoisotopic (exact) mass is 407 g/mol. The van der Waals surface area contributed by atoms with E-state index in [1.165, 1.54) is 7.11 Å². The fraction of sp³-hybridized carbons (Fsp3) is 0.130. The van der Waals surface area contributed by atoms with Crippen molar-refractivity contribution in [3.63, 3.8) is 0 Å². The topological polar surface area (TPSA) is 84.9 Å². The highest BCUT2D eigenvalue weighted by atomic mass is 19.1. The number of carboxylic acid groups (broad SMARTS) is 1. The number of aromatic carboxylic acids is 1. The maximum absolute atomic E-state index is 14.0. The molecule has 0 bridgehead atoms. The van der Waals surface area contributed by atoms with E-state index in [1.54, 1.807) is 0 Å². The second-order valence-corrected chi connectivity index (χ2v) is 6.79. The lowest BCUT2D eigenvalue weighted by atomic mass is 9.98. The maximum Gasteiger partial charge on any atom is 0.411 e. The average Bonchev–Trinajstić information content (AvgIpc) is 3.06. The van der Waals surface area contributed by atoms with Gasteiger partial charge in [-0.1, -0.05) is 48.5 Å². The molecule has 1 aliphatic rings. The molecule has 30 heavy (non-hydrogen) atoms. The van der Waals surface area contributed by atoms with E-state index in [0.29, 0.717) is 0 Å². The number of amides is 1. The number of benzene rings is 3. The minimum absolute atomic E-state index is 0.0564. The highest BCUT2D eigenvalue weighted by molar-refractivity contribution is 5.99. The summed E-state index contributed by atoms with van der Waals surface area (Å²) in [5.41, 5.74) is 3.77. The number of rotatable bonds is 5. The van der Waals surface area contributed by atoms with Gasteiger partial charge in [-0.25, -0.2) is 14.0 Å². The largest absolute Gasteiger partial charge is 0.494 e. The zero-order chi connectivity index (χ0) is 21.3. The summed E-state index contributed by atoms with van der Waals surface area (Å²) >= 11 is 0. The van der Waals surface area contributed by atoms with Gasteiger partial charge in [-0.05, 0) is 28.3 Å². The number of hydrogen-bond acceptors (Lipinski definition) is 4. The van der Waals surface area contributed by atoms with Crippen molar-refractivity contribution in [2.24, 2.45) is 0 Å². The molecule has 2 N–H and O–H groups in total. The standard InChI is InChI=1S/C23H18FNO5/c1-29-21-10-17(22(26)27)20(11-19(21)24)25-23(28)30-12-18-15-8-4-2-6-13(15)14-7-3-5-9-16(14)18/h2-11,18H,12H2,1H3,(H,25,28)(H,26,27). The molecule has 4 rings (SSSR count). The summed E-state index contributed by atoms with van der Waals surface area (Å²) in [4.78, 5) is 23.8. The fourth-order valence-corrected chi connectivity index (χ4v) is 3.73. The Hall–Kier alpha value is -3.87. The van der Waals surface area contributed by atoms with Crippen molar-refractivity contribution in [1.29, 1.82) is 0 Å². The number of halogens is 1. The third-order valence-electron chi connectivity index (χ3n) is 5.10. The number of nitrogens with one attached hydrogen (secondary N) is 1. The Morgan fingerprint density at radius 2 is 1.63 bits per heavy atom. The van der Waals surface area contributed by atoms with Gasteiger partial charge in [0, 0.05) is 12.0 Å². The highest BCUT2D eigenvalue weighted by Gasteiger charge is 2.29. The average molecular weight is 407 g/mol. The van der Waals surface area contributed by atoms with Crippen LogP contribution in [-0.4, -0.2) is 30.9 Å². The van der Waals surface area contributed by atoms with Gasteiger partial charge < -0.3 is 14.6 Å². The minimum Gasteiger partial charge on any atom is -0.494 e. The first-order valence-electron chi connectivity index (χ1n) is 9.22. The van der Waals surface area contributed by atoms with Crippen LogP contribution in [0.15, 0.2) is 60.7 Å². The van der Waals surface area contributed by atoms with Crippen LogP contribution in [0, 0.1) is 5.82 Å². The molecule has 0 aromatic heterocycles. The number of hydrogen-bond donors (Lipinski definition) is 2. The molecule has 0 saturated carbocycles. The molecule has 0 spiro atoms. The normalized spacial score (nSPS) is 12.1. The van der Waals surface area contributed by atoms with Crippen LogP contribution in [-0.2, 0) is 4.74 Å². The van der Waals surface area contributed by atoms with E-state index in [9.17, 15) is 19.1 Å². The van der Waals surface area contributed by atoms with Gasteiger partial charge in [-0.2, -0.15) is 0 Å². The Balaban J connectivity index is 1.53. The predicted octanol–water partition coefficient (Wildman–Crippen LogP) is 4.89. The van der Waals surface area contributed by atoms with Gasteiger partial charge in [0.2, 0.25) is 0 Å². The summed E-state index contributed by atoms with van der Waals surface area (Å²) in [6, 6.07) is 17.7. The summed E-state index contributed by atoms with van der Waals surface area (Å²) in [7, 11) is 1.22. The summed E-state index contributed by atoms with van der Waals surface area (Å²) in [5, 5.41) is 11.7. The third kappa shape index (κ3) is 3.45. The smallest absolute Gasteiger partial charge is 0.411 e. The second kappa shape index (κ2) is 7.87. The number of ether oxygens (including phenoxy) is 2. The Kier molecular flexibility index (Phi) is 5.10. The van der Waals surface area contributed by atoms with E-state index in [1.807, 2.05) is 48.5 Å². The van der Waals surface area contributed by atoms with Crippen LogP contribution >= 0.6 is 0 Å². The van der Waals surface area contributed by atoms with Crippen LogP contribution < -0.4 is 10.1 Å². The van der Waals surface area contributed by atoms with Crippen molar-refractivity contribution in [2.45, 2.75) is 5.92 Å². The molecule has 1 aliphatic carbocycles. The quantitative estimate of drug-likeness (QED) is 0.629. The molecule has 0 fully saturated rings. The molecule has 0 saturated heterocycles.